The van der Waals surface area contributed by atoms with Crippen LogP contribution < -0.4 is 5.32 Å². The van der Waals surface area contributed by atoms with Gasteiger partial charge in [-0.2, -0.15) is 0 Å². The highest BCUT2D eigenvalue weighted by atomic mass is 14.8. The highest BCUT2D eigenvalue weighted by Crippen LogP contribution is 2.22. The molecule has 1 rings (SSSR count). The van der Waals surface area contributed by atoms with E-state index in [2.05, 4.69) is 31.5 Å². The van der Waals surface area contributed by atoms with E-state index in [4.69, 9.17) is 0 Å². The van der Waals surface area contributed by atoms with Crippen LogP contribution in [0.25, 0.3) is 0 Å². The summed E-state index contributed by atoms with van der Waals surface area (Å²) in [6.45, 7) is 15.9. The molecule has 1 aliphatic rings. The highest BCUT2D eigenvalue weighted by Gasteiger charge is 2.09. The molecule has 1 heteroatoms. The molecule has 0 aromatic carbocycles. The predicted octanol–water partition coefficient (Wildman–Crippen LogP) is 4.01. The maximum atomic E-state index is 3.88. The Balaban J connectivity index is 0.00000106. The lowest BCUT2D eigenvalue weighted by atomic mass is 9.97. The Kier molecular flexibility index (Phi) is 8.55. The summed E-state index contributed by atoms with van der Waals surface area (Å²) in [5.74, 6) is 0. The second-order valence-electron chi connectivity index (χ2n) is 3.54. The van der Waals surface area contributed by atoms with Gasteiger partial charge in [-0.05, 0) is 49.6 Å². The van der Waals surface area contributed by atoms with Crippen molar-refractivity contribution in [2.45, 2.75) is 33.6 Å². The van der Waals surface area contributed by atoms with Crippen molar-refractivity contribution in [1.82, 2.24) is 5.32 Å². The molecule has 1 aliphatic heterocycles. The summed E-state index contributed by atoms with van der Waals surface area (Å²) in [5, 5.41) is 3.40. The van der Waals surface area contributed by atoms with Crippen molar-refractivity contribution in [3.8, 4) is 0 Å². The van der Waals surface area contributed by atoms with Crippen LogP contribution in [0.5, 0.6) is 0 Å². The monoisotopic (exact) mass is 219 g/mol. The number of hydrogen-bond acceptors (Lipinski definition) is 1. The quantitative estimate of drug-likeness (QED) is 0.707. The van der Waals surface area contributed by atoms with Gasteiger partial charge in [-0.3, -0.25) is 0 Å². The van der Waals surface area contributed by atoms with E-state index in [0.29, 0.717) is 0 Å². The minimum Gasteiger partial charge on any atom is -0.316 e. The van der Waals surface area contributed by atoms with Crippen molar-refractivity contribution in [1.29, 1.82) is 0 Å². The zero-order chi connectivity index (χ0) is 12.4. The number of nitrogens with one attached hydrogen (secondary N) is 1. The molecule has 0 aliphatic carbocycles. The van der Waals surface area contributed by atoms with Crippen LogP contribution in [0.15, 0.2) is 48.1 Å². The summed E-state index contributed by atoms with van der Waals surface area (Å²) in [6.07, 6.45) is 8.09. The maximum absolute atomic E-state index is 3.88. The van der Waals surface area contributed by atoms with Gasteiger partial charge in [0.05, 0.1) is 0 Å². The molecule has 0 aromatic heterocycles. The third-order valence-corrected chi connectivity index (χ3v) is 2.60. The first-order chi connectivity index (χ1) is 7.79. The van der Waals surface area contributed by atoms with Gasteiger partial charge in [-0.15, -0.1) is 0 Å². The lowest BCUT2D eigenvalue weighted by Crippen LogP contribution is -2.14. The third-order valence-electron chi connectivity index (χ3n) is 2.60. The Morgan fingerprint density at radius 1 is 1.19 bits per heavy atom. The van der Waals surface area contributed by atoms with E-state index in [1.165, 1.54) is 16.7 Å². The first kappa shape index (κ1) is 14.9. The second-order valence-corrected chi connectivity index (χ2v) is 3.54. The minimum absolute atomic E-state index is 1.06. The van der Waals surface area contributed by atoms with E-state index in [-0.39, 0.29) is 0 Å². The molecule has 0 fully saturated rings. The molecule has 0 saturated carbocycles. The average molecular weight is 219 g/mol. The molecule has 0 radical (unpaired) electrons. The first-order valence-corrected chi connectivity index (χ1v) is 6.14. The molecule has 0 saturated heterocycles. The lowest BCUT2D eigenvalue weighted by Gasteiger charge is -2.09. The molecule has 0 amide bonds. The van der Waals surface area contributed by atoms with E-state index in [9.17, 15) is 0 Å². The summed E-state index contributed by atoms with van der Waals surface area (Å²) in [7, 11) is 0. The van der Waals surface area contributed by atoms with Crippen LogP contribution in [0.3, 0.4) is 0 Å². The number of hydrogen-bond donors (Lipinski definition) is 1. The standard InChI is InChI=1S/C13H19N.C2H6/c1-4-6-11(3)13-8-10-14-9-7-12(13)5-2;1-2/h4-6,14H,1-2,7-10H2,3H3;1-2H3/b11-6-;. The smallest absolute Gasteiger partial charge is 0.000802 e. The van der Waals surface area contributed by atoms with Crippen LogP contribution in [0.1, 0.15) is 33.6 Å². The van der Waals surface area contributed by atoms with Crippen molar-refractivity contribution in [2.24, 2.45) is 0 Å². The summed E-state index contributed by atoms with van der Waals surface area (Å²) in [6, 6.07) is 0. The predicted molar refractivity (Wildman–Crippen MR) is 74.6 cm³/mol. The van der Waals surface area contributed by atoms with E-state index >= 15 is 0 Å². The second kappa shape index (κ2) is 9.17. The molecule has 1 N–H and O–H groups in total. The number of allylic oxidation sites excluding steroid dienone is 4. The summed E-state index contributed by atoms with van der Waals surface area (Å²) >= 11 is 0. The SMILES string of the molecule is C=C/C=C(/C)C1=C(C=C)CCNCC1.CC. The van der Waals surface area contributed by atoms with Gasteiger partial charge in [-0.25, -0.2) is 0 Å². The van der Waals surface area contributed by atoms with Crippen molar-refractivity contribution in [3.05, 3.63) is 48.1 Å². The minimum atomic E-state index is 1.06. The molecule has 16 heavy (non-hydrogen) atoms. The Labute approximate surface area is 101 Å². The van der Waals surface area contributed by atoms with Gasteiger partial charge in [0.25, 0.3) is 0 Å². The van der Waals surface area contributed by atoms with Crippen molar-refractivity contribution in [3.63, 3.8) is 0 Å². The van der Waals surface area contributed by atoms with Gasteiger partial charge >= 0.3 is 0 Å². The van der Waals surface area contributed by atoms with Gasteiger partial charge in [0.2, 0.25) is 0 Å². The van der Waals surface area contributed by atoms with Crippen molar-refractivity contribution < 1.29 is 0 Å². The van der Waals surface area contributed by atoms with E-state index in [1.54, 1.807) is 0 Å². The highest BCUT2D eigenvalue weighted by molar-refractivity contribution is 5.40. The lowest BCUT2D eigenvalue weighted by molar-refractivity contribution is 0.709. The summed E-state index contributed by atoms with van der Waals surface area (Å²) in [4.78, 5) is 0. The normalized spacial score (nSPS) is 17.1. The third kappa shape index (κ3) is 4.63. The van der Waals surface area contributed by atoms with E-state index in [1.807, 2.05) is 26.0 Å². The van der Waals surface area contributed by atoms with Gasteiger partial charge in [0.1, 0.15) is 0 Å². The zero-order valence-electron chi connectivity index (χ0n) is 11.0. The molecular weight excluding hydrogens is 194 g/mol. The number of rotatable bonds is 3. The van der Waals surface area contributed by atoms with Gasteiger partial charge < -0.3 is 5.32 Å². The van der Waals surface area contributed by atoms with Crippen LogP contribution in [-0.4, -0.2) is 13.1 Å². The fourth-order valence-corrected chi connectivity index (χ4v) is 1.83. The van der Waals surface area contributed by atoms with Gasteiger partial charge in [0.15, 0.2) is 0 Å². The van der Waals surface area contributed by atoms with Crippen LogP contribution in [-0.2, 0) is 0 Å². The summed E-state index contributed by atoms with van der Waals surface area (Å²) in [5.41, 5.74) is 4.13. The molecule has 0 atom stereocenters. The van der Waals surface area contributed by atoms with Crippen LogP contribution >= 0.6 is 0 Å². The summed E-state index contributed by atoms with van der Waals surface area (Å²) < 4.78 is 0. The van der Waals surface area contributed by atoms with Gasteiger partial charge in [0, 0.05) is 0 Å². The Bertz CT molecular complexity index is 282. The van der Waals surface area contributed by atoms with Gasteiger partial charge in [-0.1, -0.05) is 45.2 Å². The Morgan fingerprint density at radius 3 is 2.38 bits per heavy atom. The molecular formula is C15H25N. The Morgan fingerprint density at radius 2 is 1.81 bits per heavy atom. The zero-order valence-corrected chi connectivity index (χ0v) is 11.0. The molecule has 90 valence electrons. The van der Waals surface area contributed by atoms with Crippen molar-refractivity contribution in [2.75, 3.05) is 13.1 Å². The Hall–Kier alpha value is -1.08. The maximum Gasteiger partial charge on any atom is -0.000802 e. The average Bonchev–Trinajstić information content (AvgIpc) is 2.56. The van der Waals surface area contributed by atoms with E-state index in [0.717, 1.165) is 25.9 Å². The van der Waals surface area contributed by atoms with Crippen LogP contribution in [0.4, 0.5) is 0 Å². The largest absolute Gasteiger partial charge is 0.316 e. The fourth-order valence-electron chi connectivity index (χ4n) is 1.83. The molecule has 0 spiro atoms. The molecule has 0 aromatic rings. The molecule has 1 heterocycles. The molecule has 0 unspecified atom stereocenters. The first-order valence-electron chi connectivity index (χ1n) is 6.14. The topological polar surface area (TPSA) is 12.0 Å². The van der Waals surface area contributed by atoms with Crippen LogP contribution in [0, 0.1) is 0 Å². The molecule has 1 nitrogen and oxygen atoms in total. The fraction of sp³-hybridized carbons (Fsp3) is 0.467. The van der Waals surface area contributed by atoms with Crippen LogP contribution in [0.2, 0.25) is 0 Å². The molecule has 0 bridgehead atoms. The van der Waals surface area contributed by atoms with Crippen molar-refractivity contribution >= 4 is 0 Å². The van der Waals surface area contributed by atoms with E-state index < -0.39 is 0 Å².